The van der Waals surface area contributed by atoms with Gasteiger partial charge in [0.2, 0.25) is 0 Å². The number of pyridine rings is 1. The molecule has 90 valence electrons. The number of nitriles is 1. The lowest BCUT2D eigenvalue weighted by atomic mass is 10.2. The first-order valence-electron chi connectivity index (χ1n) is 5.49. The molecule has 18 heavy (non-hydrogen) atoms. The van der Waals surface area contributed by atoms with Crippen molar-refractivity contribution in [3.63, 3.8) is 0 Å². The molecule has 1 heterocycles. The molecule has 0 aliphatic carbocycles. The lowest BCUT2D eigenvalue weighted by Gasteiger charge is -2.19. The van der Waals surface area contributed by atoms with E-state index in [-0.39, 0.29) is 5.82 Å². The van der Waals surface area contributed by atoms with Gasteiger partial charge in [-0.05, 0) is 37.3 Å². The lowest BCUT2D eigenvalue weighted by molar-refractivity contribution is 0.628. The van der Waals surface area contributed by atoms with Gasteiger partial charge >= 0.3 is 0 Å². The molecule has 0 aliphatic heterocycles. The molecule has 0 saturated heterocycles. The number of nitrogens with zero attached hydrogens (tertiary/aromatic N) is 3. The van der Waals surface area contributed by atoms with E-state index in [1.54, 1.807) is 36.2 Å². The summed E-state index contributed by atoms with van der Waals surface area (Å²) in [6, 6.07) is 11.8. The van der Waals surface area contributed by atoms with Crippen molar-refractivity contribution < 1.29 is 4.39 Å². The van der Waals surface area contributed by atoms with Crippen molar-refractivity contribution in [2.45, 2.75) is 6.92 Å². The van der Waals surface area contributed by atoms with Crippen LogP contribution in [-0.2, 0) is 0 Å². The molecule has 0 N–H and O–H groups in total. The van der Waals surface area contributed by atoms with E-state index in [1.807, 2.05) is 6.92 Å². The third-order valence-corrected chi connectivity index (χ3v) is 2.65. The molecule has 0 atom stereocenters. The molecule has 4 heteroatoms. The summed E-state index contributed by atoms with van der Waals surface area (Å²) in [4.78, 5) is 6.03. The minimum Gasteiger partial charge on any atom is -0.328 e. The second-order valence-corrected chi connectivity index (χ2v) is 3.97. The third-order valence-electron chi connectivity index (χ3n) is 2.65. The van der Waals surface area contributed by atoms with Gasteiger partial charge in [0.15, 0.2) is 5.82 Å². The Hall–Kier alpha value is -2.41. The van der Waals surface area contributed by atoms with Gasteiger partial charge in [-0.3, -0.25) is 0 Å². The van der Waals surface area contributed by atoms with Crippen molar-refractivity contribution in [1.29, 1.82) is 5.26 Å². The molecule has 2 rings (SSSR count). The zero-order valence-corrected chi connectivity index (χ0v) is 10.2. The van der Waals surface area contributed by atoms with Gasteiger partial charge in [-0.2, -0.15) is 5.26 Å². The maximum Gasteiger partial charge on any atom is 0.150 e. The van der Waals surface area contributed by atoms with Gasteiger partial charge in [0.25, 0.3) is 0 Å². The Morgan fingerprint density at radius 2 is 2.06 bits per heavy atom. The lowest BCUT2D eigenvalue weighted by Crippen LogP contribution is -2.13. The first-order valence-corrected chi connectivity index (χ1v) is 5.49. The highest BCUT2D eigenvalue weighted by Crippen LogP contribution is 2.25. The van der Waals surface area contributed by atoms with Crippen LogP contribution in [0.2, 0.25) is 0 Å². The van der Waals surface area contributed by atoms with Crippen LogP contribution in [0.25, 0.3) is 0 Å². The Bertz CT molecular complexity index is 617. The Labute approximate surface area is 105 Å². The second kappa shape index (κ2) is 4.84. The number of hydrogen-bond acceptors (Lipinski definition) is 3. The van der Waals surface area contributed by atoms with Crippen LogP contribution in [0.3, 0.4) is 0 Å². The number of aromatic nitrogens is 1. The van der Waals surface area contributed by atoms with Crippen LogP contribution in [0.4, 0.5) is 15.9 Å². The molecule has 2 aromatic rings. The SMILES string of the molecule is Cc1ccc(C#N)c(N(C)c2cccc(F)c2)n1. The van der Waals surface area contributed by atoms with Crippen molar-refractivity contribution in [2.24, 2.45) is 0 Å². The normalized spacial score (nSPS) is 9.89. The predicted molar refractivity (Wildman–Crippen MR) is 68.2 cm³/mol. The number of rotatable bonds is 2. The van der Waals surface area contributed by atoms with E-state index in [2.05, 4.69) is 11.1 Å². The van der Waals surface area contributed by atoms with Crippen molar-refractivity contribution in [2.75, 3.05) is 11.9 Å². The Morgan fingerprint density at radius 3 is 2.72 bits per heavy atom. The van der Waals surface area contributed by atoms with Gasteiger partial charge in [0.1, 0.15) is 11.9 Å². The van der Waals surface area contributed by atoms with Gasteiger partial charge in [-0.1, -0.05) is 6.07 Å². The highest BCUT2D eigenvalue weighted by atomic mass is 19.1. The average Bonchev–Trinajstić information content (AvgIpc) is 2.38. The minimum atomic E-state index is -0.314. The maximum absolute atomic E-state index is 13.2. The summed E-state index contributed by atoms with van der Waals surface area (Å²) in [5, 5.41) is 9.07. The predicted octanol–water partition coefficient (Wildman–Crippen LogP) is 3.17. The van der Waals surface area contributed by atoms with E-state index >= 15 is 0 Å². The molecule has 0 fully saturated rings. The standard InChI is InChI=1S/C14H12FN3/c1-10-6-7-11(9-16)14(17-10)18(2)13-5-3-4-12(15)8-13/h3-8H,1-2H3. The molecule has 0 aliphatic rings. The number of hydrogen-bond donors (Lipinski definition) is 0. The third kappa shape index (κ3) is 2.30. The van der Waals surface area contributed by atoms with Gasteiger partial charge in [0.05, 0.1) is 5.56 Å². The van der Waals surface area contributed by atoms with E-state index in [9.17, 15) is 4.39 Å². The van der Waals surface area contributed by atoms with Gasteiger partial charge < -0.3 is 4.90 Å². The maximum atomic E-state index is 13.2. The summed E-state index contributed by atoms with van der Waals surface area (Å²) >= 11 is 0. The van der Waals surface area contributed by atoms with E-state index < -0.39 is 0 Å². The van der Waals surface area contributed by atoms with E-state index in [0.717, 1.165) is 5.69 Å². The second-order valence-electron chi connectivity index (χ2n) is 3.97. The minimum absolute atomic E-state index is 0.314. The Morgan fingerprint density at radius 1 is 1.28 bits per heavy atom. The van der Waals surface area contributed by atoms with E-state index in [4.69, 9.17) is 5.26 Å². The zero-order chi connectivity index (χ0) is 13.1. The quantitative estimate of drug-likeness (QED) is 0.810. The molecule has 3 nitrogen and oxygen atoms in total. The first kappa shape index (κ1) is 12.1. The average molecular weight is 241 g/mol. The molecule has 1 aromatic heterocycles. The molecular weight excluding hydrogens is 229 g/mol. The summed E-state index contributed by atoms with van der Waals surface area (Å²) in [7, 11) is 1.76. The van der Waals surface area contributed by atoms with Crippen LogP contribution in [0.5, 0.6) is 0 Å². The fraction of sp³-hybridized carbons (Fsp3) is 0.143. The van der Waals surface area contributed by atoms with Crippen molar-refractivity contribution in [3.05, 3.63) is 53.5 Å². The Kier molecular flexibility index (Phi) is 3.24. The summed E-state index contributed by atoms with van der Waals surface area (Å²) in [5.41, 5.74) is 1.93. The molecule has 0 bridgehead atoms. The van der Waals surface area contributed by atoms with Crippen molar-refractivity contribution in [3.8, 4) is 6.07 Å². The van der Waals surface area contributed by atoms with Crippen LogP contribution >= 0.6 is 0 Å². The summed E-state index contributed by atoms with van der Waals surface area (Å²) in [5.74, 6) is 0.216. The van der Waals surface area contributed by atoms with Gasteiger partial charge in [0, 0.05) is 18.4 Å². The molecule has 0 spiro atoms. The number of anilines is 2. The monoisotopic (exact) mass is 241 g/mol. The fourth-order valence-electron chi connectivity index (χ4n) is 1.69. The molecule has 0 radical (unpaired) electrons. The highest BCUT2D eigenvalue weighted by Gasteiger charge is 2.11. The summed E-state index contributed by atoms with van der Waals surface area (Å²) in [6.45, 7) is 1.85. The van der Waals surface area contributed by atoms with Crippen LogP contribution in [0, 0.1) is 24.1 Å². The smallest absolute Gasteiger partial charge is 0.150 e. The highest BCUT2D eigenvalue weighted by molar-refractivity contribution is 5.65. The number of aryl methyl sites for hydroxylation is 1. The number of benzene rings is 1. The van der Waals surface area contributed by atoms with Gasteiger partial charge in [-0.25, -0.2) is 9.37 Å². The van der Waals surface area contributed by atoms with E-state index in [1.165, 1.54) is 12.1 Å². The van der Waals surface area contributed by atoms with Crippen LogP contribution < -0.4 is 4.90 Å². The molecule has 0 amide bonds. The first-order chi connectivity index (χ1) is 8.61. The summed E-state index contributed by atoms with van der Waals surface area (Å²) in [6.07, 6.45) is 0. The van der Waals surface area contributed by atoms with E-state index in [0.29, 0.717) is 17.1 Å². The van der Waals surface area contributed by atoms with Crippen LogP contribution in [0.1, 0.15) is 11.3 Å². The Balaban J connectivity index is 2.49. The van der Waals surface area contributed by atoms with Crippen LogP contribution in [0.15, 0.2) is 36.4 Å². The molecule has 0 saturated carbocycles. The van der Waals surface area contributed by atoms with Crippen molar-refractivity contribution >= 4 is 11.5 Å². The van der Waals surface area contributed by atoms with Crippen LogP contribution in [-0.4, -0.2) is 12.0 Å². The topological polar surface area (TPSA) is 39.9 Å². The number of halogens is 1. The molecular formula is C14H12FN3. The molecule has 1 aromatic carbocycles. The summed E-state index contributed by atoms with van der Waals surface area (Å²) < 4.78 is 13.2. The fourth-order valence-corrected chi connectivity index (χ4v) is 1.69. The molecule has 0 unspecified atom stereocenters. The van der Waals surface area contributed by atoms with Crippen molar-refractivity contribution in [1.82, 2.24) is 4.98 Å². The van der Waals surface area contributed by atoms with Gasteiger partial charge in [-0.15, -0.1) is 0 Å². The largest absolute Gasteiger partial charge is 0.328 e. The zero-order valence-electron chi connectivity index (χ0n) is 10.2.